The summed E-state index contributed by atoms with van der Waals surface area (Å²) >= 11 is 0. The second-order valence-corrected chi connectivity index (χ2v) is 3.24. The molecule has 8 heteroatoms. The van der Waals surface area contributed by atoms with Crippen LogP contribution in [0, 0.1) is 6.92 Å². The highest BCUT2D eigenvalue weighted by Gasteiger charge is 2.30. The summed E-state index contributed by atoms with van der Waals surface area (Å²) in [6, 6.07) is 0. The van der Waals surface area contributed by atoms with Crippen molar-refractivity contribution in [2.24, 2.45) is 0 Å². The Hall–Kier alpha value is -2.12. The Kier molecular flexibility index (Phi) is 4.24. The van der Waals surface area contributed by atoms with Gasteiger partial charge in [0.05, 0.1) is 6.20 Å². The van der Waals surface area contributed by atoms with Crippen molar-refractivity contribution in [2.75, 3.05) is 0 Å². The molecule has 0 saturated heterocycles. The van der Waals surface area contributed by atoms with Crippen LogP contribution in [0.2, 0.25) is 0 Å². The lowest BCUT2D eigenvalue weighted by Gasteiger charge is -2.07. The van der Waals surface area contributed by atoms with E-state index in [9.17, 15) is 13.2 Å². The average Bonchev–Trinajstić information content (AvgIpc) is 2.88. The smallest absolute Gasteiger partial charge is 0.340 e. The number of hydrogen-bond donors (Lipinski definition) is 1. The zero-order chi connectivity index (χ0) is 13.8. The van der Waals surface area contributed by atoms with Crippen molar-refractivity contribution >= 4 is 0 Å². The van der Waals surface area contributed by atoms with Gasteiger partial charge >= 0.3 is 6.18 Å². The van der Waals surface area contributed by atoms with Crippen LogP contribution in [-0.4, -0.2) is 30.9 Å². The predicted molar refractivity (Wildman–Crippen MR) is 59.6 cm³/mol. The normalized spacial score (nSPS) is 10.9. The molecule has 0 bridgehead atoms. The van der Waals surface area contributed by atoms with Gasteiger partial charge in [-0.1, -0.05) is 0 Å². The molecule has 0 atom stereocenters. The molecule has 0 radical (unpaired) electrons. The molecule has 0 aliphatic rings. The predicted octanol–water partition coefficient (Wildman–Crippen LogP) is 2.34. The third kappa shape index (κ3) is 3.44. The summed E-state index contributed by atoms with van der Waals surface area (Å²) in [7, 11) is 0. The molecule has 0 fully saturated rings. The molecule has 5 nitrogen and oxygen atoms in total. The van der Waals surface area contributed by atoms with Gasteiger partial charge in [0, 0.05) is 0 Å². The fraction of sp³-hybridized carbons (Fsp3) is 0.300. The van der Waals surface area contributed by atoms with Gasteiger partial charge in [0.1, 0.15) is 24.4 Å². The van der Waals surface area contributed by atoms with Gasteiger partial charge in [-0.3, -0.25) is 0 Å². The minimum atomic E-state index is -4.32. The molecule has 2 rings (SSSR count). The lowest BCUT2D eigenvalue weighted by Crippen LogP contribution is -2.19. The van der Waals surface area contributed by atoms with Crippen LogP contribution in [0.3, 0.4) is 0 Å². The summed E-state index contributed by atoms with van der Waals surface area (Å²) in [6.45, 7) is 6.54. The topological polar surface area (TPSA) is 59.4 Å². The number of imidazole rings is 1. The van der Waals surface area contributed by atoms with Crippen LogP contribution in [0.25, 0.3) is 11.5 Å². The van der Waals surface area contributed by atoms with Gasteiger partial charge in [-0.15, -0.1) is 13.2 Å². The highest BCUT2D eigenvalue weighted by molar-refractivity contribution is 5.47. The number of hydrogen-bond acceptors (Lipinski definition) is 3. The van der Waals surface area contributed by atoms with E-state index in [1.807, 2.05) is 0 Å². The zero-order valence-electron chi connectivity index (χ0n) is 9.70. The standard InChI is InChI=1S/C8H8F3N5.C2H4/c1-5-12-2-6(15-5)7-13-4-14-16(7)3-8(9,10)11;1-2/h2,4H,3H2,1H3,(H,12,15);1-2H2. The Morgan fingerprint density at radius 2 is 2.00 bits per heavy atom. The summed E-state index contributed by atoms with van der Waals surface area (Å²) in [5, 5.41) is 3.52. The molecule has 0 spiro atoms. The van der Waals surface area contributed by atoms with E-state index in [0.717, 1.165) is 11.0 Å². The number of H-pyrrole nitrogens is 1. The molecular formula is C10H12F3N5. The molecule has 0 aliphatic carbocycles. The molecule has 18 heavy (non-hydrogen) atoms. The van der Waals surface area contributed by atoms with Crippen molar-refractivity contribution in [1.29, 1.82) is 0 Å². The van der Waals surface area contributed by atoms with Crippen molar-refractivity contribution in [1.82, 2.24) is 24.7 Å². The first-order valence-corrected chi connectivity index (χ1v) is 4.92. The van der Waals surface area contributed by atoms with E-state index >= 15 is 0 Å². The minimum Gasteiger partial charge on any atom is -0.340 e. The third-order valence-corrected chi connectivity index (χ3v) is 1.89. The molecule has 98 valence electrons. The number of alkyl halides is 3. The summed E-state index contributed by atoms with van der Waals surface area (Å²) in [4.78, 5) is 10.5. The lowest BCUT2D eigenvalue weighted by atomic mass is 10.4. The first-order valence-electron chi connectivity index (χ1n) is 4.92. The molecule has 0 saturated carbocycles. The number of nitrogens with zero attached hydrogens (tertiary/aromatic N) is 4. The number of aryl methyl sites for hydroxylation is 1. The summed E-state index contributed by atoms with van der Waals surface area (Å²) in [5.74, 6) is 0.731. The van der Waals surface area contributed by atoms with E-state index in [-0.39, 0.29) is 5.82 Å². The van der Waals surface area contributed by atoms with Gasteiger partial charge in [0.15, 0.2) is 5.82 Å². The highest BCUT2D eigenvalue weighted by Crippen LogP contribution is 2.20. The fourth-order valence-electron chi connectivity index (χ4n) is 1.29. The number of rotatable bonds is 2. The van der Waals surface area contributed by atoms with E-state index in [2.05, 4.69) is 33.2 Å². The largest absolute Gasteiger partial charge is 0.408 e. The van der Waals surface area contributed by atoms with Gasteiger partial charge in [-0.25, -0.2) is 14.6 Å². The van der Waals surface area contributed by atoms with Crippen LogP contribution < -0.4 is 0 Å². The number of aromatic nitrogens is 5. The van der Waals surface area contributed by atoms with Crippen molar-refractivity contribution in [2.45, 2.75) is 19.6 Å². The Morgan fingerprint density at radius 1 is 1.33 bits per heavy atom. The Labute approximate surface area is 101 Å². The van der Waals surface area contributed by atoms with Crippen molar-refractivity contribution in [3.05, 3.63) is 31.5 Å². The molecule has 0 aliphatic heterocycles. The number of halogens is 3. The van der Waals surface area contributed by atoms with Crippen LogP contribution in [-0.2, 0) is 6.54 Å². The van der Waals surface area contributed by atoms with E-state index < -0.39 is 12.7 Å². The Morgan fingerprint density at radius 3 is 2.50 bits per heavy atom. The highest BCUT2D eigenvalue weighted by atomic mass is 19.4. The van der Waals surface area contributed by atoms with Crippen LogP contribution in [0.4, 0.5) is 13.2 Å². The van der Waals surface area contributed by atoms with E-state index in [1.165, 1.54) is 6.20 Å². The third-order valence-electron chi connectivity index (χ3n) is 1.89. The summed E-state index contributed by atoms with van der Waals surface area (Å²) in [5.41, 5.74) is 0.416. The van der Waals surface area contributed by atoms with Gasteiger partial charge in [-0.2, -0.15) is 18.3 Å². The van der Waals surface area contributed by atoms with Crippen LogP contribution in [0.1, 0.15) is 5.82 Å². The maximum absolute atomic E-state index is 12.2. The van der Waals surface area contributed by atoms with Gasteiger partial charge in [0.2, 0.25) is 0 Å². The first-order chi connectivity index (χ1) is 8.46. The van der Waals surface area contributed by atoms with Crippen LogP contribution >= 0.6 is 0 Å². The fourth-order valence-corrected chi connectivity index (χ4v) is 1.29. The molecule has 2 heterocycles. The first kappa shape index (κ1) is 13.9. The van der Waals surface area contributed by atoms with Gasteiger partial charge < -0.3 is 4.98 Å². The molecule has 0 amide bonds. The zero-order valence-corrected chi connectivity index (χ0v) is 9.70. The number of nitrogens with one attached hydrogen (secondary N) is 1. The molecule has 2 aromatic heterocycles. The SMILES string of the molecule is C=C.Cc1ncc(-c2ncnn2CC(F)(F)F)[nH]1. The summed E-state index contributed by atoms with van der Waals surface area (Å²) in [6.07, 6.45) is -1.82. The van der Waals surface area contributed by atoms with Crippen LogP contribution in [0.5, 0.6) is 0 Å². The number of aromatic amines is 1. The molecule has 0 aromatic carbocycles. The minimum absolute atomic E-state index is 0.123. The van der Waals surface area contributed by atoms with E-state index in [4.69, 9.17) is 0 Å². The monoisotopic (exact) mass is 259 g/mol. The molecule has 2 aromatic rings. The van der Waals surface area contributed by atoms with Crippen molar-refractivity contribution < 1.29 is 13.2 Å². The average molecular weight is 259 g/mol. The van der Waals surface area contributed by atoms with E-state index in [1.54, 1.807) is 6.92 Å². The van der Waals surface area contributed by atoms with E-state index in [0.29, 0.717) is 11.5 Å². The van der Waals surface area contributed by atoms with Gasteiger partial charge in [-0.05, 0) is 6.92 Å². The Bertz CT molecular complexity index is 500. The molecule has 0 unspecified atom stereocenters. The molecular weight excluding hydrogens is 247 g/mol. The van der Waals surface area contributed by atoms with Crippen molar-refractivity contribution in [3.8, 4) is 11.5 Å². The lowest BCUT2D eigenvalue weighted by molar-refractivity contribution is -0.142. The Balaban J connectivity index is 0.000000771. The maximum Gasteiger partial charge on any atom is 0.408 e. The van der Waals surface area contributed by atoms with Crippen LogP contribution in [0.15, 0.2) is 25.7 Å². The summed E-state index contributed by atoms with van der Waals surface area (Å²) < 4.78 is 37.4. The quantitative estimate of drug-likeness (QED) is 0.842. The maximum atomic E-state index is 12.2. The van der Waals surface area contributed by atoms with Gasteiger partial charge in [0.25, 0.3) is 0 Å². The second-order valence-electron chi connectivity index (χ2n) is 3.24. The second kappa shape index (κ2) is 5.48. The molecule has 1 N–H and O–H groups in total. The van der Waals surface area contributed by atoms with Crippen molar-refractivity contribution in [3.63, 3.8) is 0 Å².